The third-order valence-corrected chi connectivity index (χ3v) is 7.57. The van der Waals surface area contributed by atoms with Crippen molar-refractivity contribution < 1.29 is 24.2 Å². The molecule has 26 heavy (non-hydrogen) atoms. The lowest BCUT2D eigenvalue weighted by molar-refractivity contribution is -0.150. The Balaban J connectivity index is 1.50. The van der Waals surface area contributed by atoms with E-state index in [0.717, 1.165) is 19.3 Å². The first-order chi connectivity index (χ1) is 12.4. The molecule has 3 aliphatic heterocycles. The number of allylic oxidation sites excluding steroid dienone is 2. The van der Waals surface area contributed by atoms with Crippen molar-refractivity contribution >= 4 is 17.7 Å². The lowest BCUT2D eigenvalue weighted by atomic mass is 9.62. The number of hydrogen-bond donors (Lipinski definition) is 1. The second-order valence-corrected chi connectivity index (χ2v) is 8.73. The highest BCUT2D eigenvalue weighted by atomic mass is 16.6. The SMILES string of the molecule is C[C@H]1C=C[C@H]2CCCC[C@@H]2C1C(=O)[C@@H]1C(=O)N2CC[C@H]3C(=O)O[C@@H]1[C@]32O. The molecule has 0 aromatic rings. The fourth-order valence-corrected chi connectivity index (χ4v) is 6.32. The molecule has 0 aromatic heterocycles. The quantitative estimate of drug-likeness (QED) is 0.456. The summed E-state index contributed by atoms with van der Waals surface area (Å²) >= 11 is 0. The largest absolute Gasteiger partial charge is 0.455 e. The number of ketones is 1. The molecule has 0 spiro atoms. The lowest BCUT2D eigenvalue weighted by Crippen LogP contribution is -2.48. The maximum absolute atomic E-state index is 13.6. The van der Waals surface area contributed by atoms with Crippen LogP contribution in [0.2, 0.25) is 0 Å². The number of nitrogens with zero attached hydrogens (tertiary/aromatic N) is 1. The van der Waals surface area contributed by atoms with E-state index in [9.17, 15) is 19.5 Å². The van der Waals surface area contributed by atoms with Crippen LogP contribution in [-0.4, -0.2) is 46.0 Å². The van der Waals surface area contributed by atoms with E-state index in [1.165, 1.54) is 11.3 Å². The normalized spacial score (nSPS) is 49.2. The molecule has 5 aliphatic rings. The van der Waals surface area contributed by atoms with Gasteiger partial charge in [0.2, 0.25) is 5.91 Å². The van der Waals surface area contributed by atoms with E-state index in [2.05, 4.69) is 12.2 Å². The number of fused-ring (bicyclic) bond motifs is 1. The van der Waals surface area contributed by atoms with Gasteiger partial charge in [-0.3, -0.25) is 14.4 Å². The minimum absolute atomic E-state index is 0.0626. The van der Waals surface area contributed by atoms with Gasteiger partial charge in [-0.2, -0.15) is 0 Å². The van der Waals surface area contributed by atoms with E-state index in [0.29, 0.717) is 18.9 Å². The average Bonchev–Trinajstić information content (AvgIpc) is 3.17. The van der Waals surface area contributed by atoms with E-state index in [-0.39, 0.29) is 29.4 Å². The highest BCUT2D eigenvalue weighted by Crippen LogP contribution is 2.53. The van der Waals surface area contributed by atoms with E-state index < -0.39 is 29.6 Å². The molecule has 1 amide bonds. The molecule has 140 valence electrons. The van der Waals surface area contributed by atoms with Crippen molar-refractivity contribution in [2.75, 3.05) is 6.54 Å². The molecular formula is C20H25NO5. The number of Topliss-reactive ketones (excluding diaryl/α,β-unsaturated/α-hetero) is 1. The van der Waals surface area contributed by atoms with Gasteiger partial charge in [0.25, 0.3) is 0 Å². The minimum atomic E-state index is -1.62. The van der Waals surface area contributed by atoms with Gasteiger partial charge in [-0.15, -0.1) is 0 Å². The van der Waals surface area contributed by atoms with Crippen LogP contribution in [0.1, 0.15) is 39.0 Å². The molecule has 6 heteroatoms. The van der Waals surface area contributed by atoms with Crippen LogP contribution in [-0.2, 0) is 19.1 Å². The van der Waals surface area contributed by atoms with Gasteiger partial charge in [0, 0.05) is 12.5 Å². The molecular weight excluding hydrogens is 334 g/mol. The smallest absolute Gasteiger partial charge is 0.314 e. The molecule has 2 aliphatic carbocycles. The van der Waals surface area contributed by atoms with Crippen LogP contribution in [0, 0.1) is 35.5 Å². The molecule has 5 rings (SSSR count). The average molecular weight is 359 g/mol. The fraction of sp³-hybridized carbons (Fsp3) is 0.750. The highest BCUT2D eigenvalue weighted by Gasteiger charge is 2.74. The summed E-state index contributed by atoms with van der Waals surface area (Å²) < 4.78 is 5.40. The first kappa shape index (κ1) is 16.5. The number of hydrogen-bond acceptors (Lipinski definition) is 5. The molecule has 3 saturated heterocycles. The maximum atomic E-state index is 13.6. The fourth-order valence-electron chi connectivity index (χ4n) is 6.32. The molecule has 1 unspecified atom stereocenters. The number of esters is 1. The number of amides is 1. The minimum Gasteiger partial charge on any atom is -0.455 e. The molecule has 0 aromatic carbocycles. The summed E-state index contributed by atoms with van der Waals surface area (Å²) in [5, 5.41) is 11.1. The number of aliphatic hydroxyl groups is 1. The number of carbonyl (C=O) groups excluding carboxylic acids is 3. The van der Waals surface area contributed by atoms with Crippen molar-refractivity contribution in [1.29, 1.82) is 0 Å². The maximum Gasteiger partial charge on any atom is 0.314 e. The van der Waals surface area contributed by atoms with Crippen LogP contribution in [0.4, 0.5) is 0 Å². The number of rotatable bonds is 2. The third-order valence-electron chi connectivity index (χ3n) is 7.57. The van der Waals surface area contributed by atoms with Crippen LogP contribution in [0.3, 0.4) is 0 Å². The highest BCUT2D eigenvalue weighted by molar-refractivity contribution is 6.07. The Kier molecular flexibility index (Phi) is 3.43. The second kappa shape index (κ2) is 5.41. The van der Waals surface area contributed by atoms with Crippen LogP contribution >= 0.6 is 0 Å². The summed E-state index contributed by atoms with van der Waals surface area (Å²) in [6, 6.07) is 0. The third kappa shape index (κ3) is 1.89. The Bertz CT molecular complexity index is 717. The summed E-state index contributed by atoms with van der Waals surface area (Å²) in [5.74, 6) is -2.24. The van der Waals surface area contributed by atoms with E-state index >= 15 is 0 Å². The topological polar surface area (TPSA) is 83.9 Å². The Morgan fingerprint density at radius 2 is 2.00 bits per heavy atom. The van der Waals surface area contributed by atoms with Gasteiger partial charge in [0.15, 0.2) is 17.6 Å². The van der Waals surface area contributed by atoms with Crippen molar-refractivity contribution in [2.24, 2.45) is 35.5 Å². The predicted octanol–water partition coefficient (Wildman–Crippen LogP) is 1.28. The van der Waals surface area contributed by atoms with Crippen LogP contribution in [0.5, 0.6) is 0 Å². The Hall–Kier alpha value is -1.69. The molecule has 1 saturated carbocycles. The van der Waals surface area contributed by atoms with Crippen LogP contribution in [0.15, 0.2) is 12.2 Å². The molecule has 1 N–H and O–H groups in total. The monoisotopic (exact) mass is 359 g/mol. The van der Waals surface area contributed by atoms with Crippen molar-refractivity contribution in [3.63, 3.8) is 0 Å². The van der Waals surface area contributed by atoms with Crippen molar-refractivity contribution in [3.05, 3.63) is 12.2 Å². The standard InChI is InChI=1S/C20H25NO5/c1-10-6-7-11-4-2-3-5-12(11)14(10)16(22)15-17-20(25)13(19(24)26-17)8-9-21(20)18(15)23/h6-7,10-15,17,25H,2-5,8-9H2,1H3/t10-,11+,12-,13-,14?,15-,17-,20+/m0/s1. The summed E-state index contributed by atoms with van der Waals surface area (Å²) in [6.07, 6.45) is 8.10. The van der Waals surface area contributed by atoms with Gasteiger partial charge in [0.1, 0.15) is 11.8 Å². The molecule has 0 radical (unpaired) electrons. The summed E-state index contributed by atoms with van der Waals surface area (Å²) in [4.78, 5) is 40.0. The van der Waals surface area contributed by atoms with Crippen LogP contribution < -0.4 is 0 Å². The van der Waals surface area contributed by atoms with Gasteiger partial charge >= 0.3 is 5.97 Å². The van der Waals surface area contributed by atoms with Gasteiger partial charge < -0.3 is 14.7 Å². The van der Waals surface area contributed by atoms with E-state index in [1.54, 1.807) is 0 Å². The molecule has 3 heterocycles. The van der Waals surface area contributed by atoms with Gasteiger partial charge in [-0.25, -0.2) is 0 Å². The first-order valence-corrected chi connectivity index (χ1v) is 9.91. The van der Waals surface area contributed by atoms with Gasteiger partial charge in [0.05, 0.1) is 0 Å². The van der Waals surface area contributed by atoms with Crippen molar-refractivity contribution in [3.8, 4) is 0 Å². The van der Waals surface area contributed by atoms with Crippen molar-refractivity contribution in [1.82, 2.24) is 4.90 Å². The summed E-state index contributed by atoms with van der Waals surface area (Å²) in [7, 11) is 0. The summed E-state index contributed by atoms with van der Waals surface area (Å²) in [5.41, 5.74) is -1.62. The van der Waals surface area contributed by atoms with Gasteiger partial charge in [-0.05, 0) is 37.0 Å². The van der Waals surface area contributed by atoms with Crippen molar-refractivity contribution in [2.45, 2.75) is 50.9 Å². The lowest BCUT2D eigenvalue weighted by Gasteiger charge is -2.41. The zero-order valence-corrected chi connectivity index (χ0v) is 15.0. The Morgan fingerprint density at radius 3 is 2.81 bits per heavy atom. The molecule has 6 nitrogen and oxygen atoms in total. The molecule has 8 atom stereocenters. The second-order valence-electron chi connectivity index (χ2n) is 8.73. The van der Waals surface area contributed by atoms with Crippen LogP contribution in [0.25, 0.3) is 0 Å². The zero-order valence-electron chi connectivity index (χ0n) is 15.0. The predicted molar refractivity (Wildman–Crippen MR) is 90.4 cm³/mol. The Morgan fingerprint density at radius 1 is 1.23 bits per heavy atom. The summed E-state index contributed by atoms with van der Waals surface area (Å²) in [6.45, 7) is 2.35. The van der Waals surface area contributed by atoms with E-state index in [4.69, 9.17) is 4.74 Å². The molecule has 0 bridgehead atoms. The zero-order chi connectivity index (χ0) is 18.2. The number of ether oxygens (including phenoxy) is 1. The first-order valence-electron chi connectivity index (χ1n) is 9.91. The Labute approximate surface area is 152 Å². The number of carbonyl (C=O) groups is 3. The molecule has 4 fully saturated rings. The van der Waals surface area contributed by atoms with E-state index in [1.807, 2.05) is 6.92 Å². The van der Waals surface area contributed by atoms with Gasteiger partial charge in [-0.1, -0.05) is 31.9 Å².